The van der Waals surface area contributed by atoms with Crippen molar-refractivity contribution in [1.29, 1.82) is 0 Å². The van der Waals surface area contributed by atoms with Crippen LogP contribution in [0.15, 0.2) is 16.7 Å². The Morgan fingerprint density at radius 2 is 2.36 bits per heavy atom. The summed E-state index contributed by atoms with van der Waals surface area (Å²) in [6.07, 6.45) is 2.06. The molecule has 0 aliphatic heterocycles. The van der Waals surface area contributed by atoms with Crippen LogP contribution < -0.4 is 5.73 Å². The quantitative estimate of drug-likeness (QED) is 0.853. The molecule has 0 aromatic carbocycles. The second-order valence-corrected chi connectivity index (χ2v) is 3.87. The van der Waals surface area contributed by atoms with Gasteiger partial charge in [-0.05, 0) is 28.4 Å². The molecule has 2 heterocycles. The van der Waals surface area contributed by atoms with Crippen LogP contribution in [-0.2, 0) is 6.42 Å². The Bertz CT molecular complexity index is 492. The van der Waals surface area contributed by atoms with E-state index in [2.05, 4.69) is 21.0 Å². The number of aromatic nitrogens is 2. The third kappa shape index (κ3) is 1.28. The number of nitrogens with two attached hydrogens (primary N) is 1. The average molecular weight is 258 g/mol. The summed E-state index contributed by atoms with van der Waals surface area (Å²) in [5.41, 5.74) is 7.99. The fourth-order valence-corrected chi connectivity index (χ4v) is 1.69. The molecular formula is C9H9BrFN3. The third-order valence-electron chi connectivity index (χ3n) is 2.12. The van der Waals surface area contributed by atoms with Crippen LogP contribution in [0.5, 0.6) is 0 Å². The lowest BCUT2D eigenvalue weighted by atomic mass is 10.2. The first-order valence-corrected chi connectivity index (χ1v) is 5.04. The Kier molecular flexibility index (Phi) is 2.19. The van der Waals surface area contributed by atoms with Gasteiger partial charge in [-0.2, -0.15) is 5.10 Å². The zero-order valence-corrected chi connectivity index (χ0v) is 9.18. The van der Waals surface area contributed by atoms with E-state index in [1.165, 1.54) is 10.7 Å². The molecule has 5 heteroatoms. The van der Waals surface area contributed by atoms with Gasteiger partial charge < -0.3 is 5.73 Å². The van der Waals surface area contributed by atoms with Crippen LogP contribution in [0, 0.1) is 5.82 Å². The zero-order valence-electron chi connectivity index (χ0n) is 7.59. The molecule has 0 amide bonds. The molecule has 0 spiro atoms. The third-order valence-corrected chi connectivity index (χ3v) is 2.73. The number of nitrogens with zero attached hydrogens (tertiary/aromatic N) is 2. The van der Waals surface area contributed by atoms with Gasteiger partial charge in [-0.1, -0.05) is 6.92 Å². The molecule has 0 saturated heterocycles. The van der Waals surface area contributed by atoms with Gasteiger partial charge in [0, 0.05) is 0 Å². The molecule has 74 valence electrons. The molecule has 2 N–H and O–H groups in total. The molecule has 0 aliphatic rings. The predicted octanol–water partition coefficient (Wildman–Crippen LogP) is 2.38. The number of halogens is 2. The summed E-state index contributed by atoms with van der Waals surface area (Å²) in [6.45, 7) is 1.96. The SMILES string of the molecule is CCc1nn2cc(F)c(Br)cc2c1N. The predicted molar refractivity (Wildman–Crippen MR) is 56.6 cm³/mol. The van der Waals surface area contributed by atoms with Crippen LogP contribution in [0.4, 0.5) is 10.1 Å². The Morgan fingerprint density at radius 3 is 3.00 bits per heavy atom. The molecule has 3 nitrogen and oxygen atoms in total. The first-order valence-electron chi connectivity index (χ1n) is 4.25. The van der Waals surface area contributed by atoms with E-state index in [0.29, 0.717) is 10.2 Å². The van der Waals surface area contributed by atoms with Crippen molar-refractivity contribution in [2.24, 2.45) is 0 Å². The topological polar surface area (TPSA) is 43.3 Å². The summed E-state index contributed by atoms with van der Waals surface area (Å²) in [5, 5.41) is 4.16. The van der Waals surface area contributed by atoms with E-state index in [-0.39, 0.29) is 5.82 Å². The van der Waals surface area contributed by atoms with Gasteiger partial charge in [0.05, 0.1) is 27.6 Å². The first-order chi connectivity index (χ1) is 6.63. The molecule has 0 saturated carbocycles. The van der Waals surface area contributed by atoms with E-state index in [1.54, 1.807) is 6.07 Å². The normalized spacial score (nSPS) is 11.1. The highest BCUT2D eigenvalue weighted by Gasteiger charge is 2.10. The van der Waals surface area contributed by atoms with Crippen molar-refractivity contribution in [2.75, 3.05) is 5.73 Å². The monoisotopic (exact) mass is 257 g/mol. The number of rotatable bonds is 1. The van der Waals surface area contributed by atoms with Gasteiger partial charge >= 0.3 is 0 Å². The molecule has 2 aromatic heterocycles. The molecule has 0 bridgehead atoms. The first kappa shape index (κ1) is 9.45. The smallest absolute Gasteiger partial charge is 0.155 e. The van der Waals surface area contributed by atoms with Crippen molar-refractivity contribution >= 4 is 27.1 Å². The number of anilines is 1. The molecule has 0 atom stereocenters. The molecule has 2 aromatic rings. The Hall–Kier alpha value is -1.10. The number of pyridine rings is 1. The van der Waals surface area contributed by atoms with Gasteiger partial charge in [0.15, 0.2) is 5.82 Å². The number of hydrogen-bond acceptors (Lipinski definition) is 2. The summed E-state index contributed by atoms with van der Waals surface area (Å²) < 4.78 is 15.0. The fourth-order valence-electron chi connectivity index (χ4n) is 1.37. The molecule has 0 radical (unpaired) electrons. The minimum absolute atomic E-state index is 0.345. The molecule has 0 fully saturated rings. The van der Waals surface area contributed by atoms with Crippen molar-refractivity contribution in [3.8, 4) is 0 Å². The standard InChI is InChI=1S/C9H9BrFN3/c1-2-7-9(12)8-3-5(10)6(11)4-14(8)13-7/h3-4H,2,12H2,1H3. The van der Waals surface area contributed by atoms with Crippen molar-refractivity contribution in [3.63, 3.8) is 0 Å². The number of hydrogen-bond donors (Lipinski definition) is 1. The lowest BCUT2D eigenvalue weighted by molar-refractivity contribution is 0.607. The van der Waals surface area contributed by atoms with Crippen LogP contribution in [-0.4, -0.2) is 9.61 Å². The summed E-state index contributed by atoms with van der Waals surface area (Å²) >= 11 is 3.11. The lowest BCUT2D eigenvalue weighted by Crippen LogP contribution is -1.90. The fraction of sp³-hybridized carbons (Fsp3) is 0.222. The Balaban J connectivity index is 2.80. The van der Waals surface area contributed by atoms with E-state index in [9.17, 15) is 4.39 Å². The maximum Gasteiger partial charge on any atom is 0.155 e. The summed E-state index contributed by atoms with van der Waals surface area (Å²) in [4.78, 5) is 0. The van der Waals surface area contributed by atoms with E-state index in [4.69, 9.17) is 5.73 Å². The molecule has 14 heavy (non-hydrogen) atoms. The maximum absolute atomic E-state index is 13.1. The molecular weight excluding hydrogens is 249 g/mol. The number of nitrogen functional groups attached to an aromatic ring is 1. The second-order valence-electron chi connectivity index (χ2n) is 3.01. The van der Waals surface area contributed by atoms with E-state index >= 15 is 0 Å². The summed E-state index contributed by atoms with van der Waals surface area (Å²) in [5.74, 6) is -0.345. The summed E-state index contributed by atoms with van der Waals surface area (Å²) in [7, 11) is 0. The van der Waals surface area contributed by atoms with Gasteiger partial charge in [-0.3, -0.25) is 0 Å². The second kappa shape index (κ2) is 3.24. The highest BCUT2D eigenvalue weighted by molar-refractivity contribution is 9.10. The molecule has 2 rings (SSSR count). The average Bonchev–Trinajstić information content (AvgIpc) is 2.45. The Morgan fingerprint density at radius 1 is 1.64 bits per heavy atom. The van der Waals surface area contributed by atoms with Crippen molar-refractivity contribution < 1.29 is 4.39 Å². The van der Waals surface area contributed by atoms with E-state index in [1.807, 2.05) is 6.92 Å². The number of fused-ring (bicyclic) bond motifs is 1. The van der Waals surface area contributed by atoms with Gasteiger partial charge in [0.2, 0.25) is 0 Å². The largest absolute Gasteiger partial charge is 0.395 e. The van der Waals surface area contributed by atoms with Crippen LogP contribution >= 0.6 is 15.9 Å². The van der Waals surface area contributed by atoms with Crippen LogP contribution in [0.1, 0.15) is 12.6 Å². The molecule has 0 unspecified atom stereocenters. The van der Waals surface area contributed by atoms with Gasteiger partial charge in [0.25, 0.3) is 0 Å². The van der Waals surface area contributed by atoms with Gasteiger partial charge in [-0.25, -0.2) is 8.91 Å². The minimum Gasteiger partial charge on any atom is -0.395 e. The highest BCUT2D eigenvalue weighted by atomic mass is 79.9. The van der Waals surface area contributed by atoms with E-state index in [0.717, 1.165) is 17.6 Å². The maximum atomic E-state index is 13.1. The zero-order chi connectivity index (χ0) is 10.3. The summed E-state index contributed by atoms with van der Waals surface area (Å²) in [6, 6.07) is 1.64. The van der Waals surface area contributed by atoms with Gasteiger partial charge in [0.1, 0.15) is 0 Å². The van der Waals surface area contributed by atoms with E-state index < -0.39 is 0 Å². The molecule has 0 aliphatic carbocycles. The minimum atomic E-state index is -0.345. The van der Waals surface area contributed by atoms with Crippen LogP contribution in [0.25, 0.3) is 5.52 Å². The van der Waals surface area contributed by atoms with Crippen molar-refractivity contribution in [2.45, 2.75) is 13.3 Å². The van der Waals surface area contributed by atoms with Crippen LogP contribution in [0.2, 0.25) is 0 Å². The van der Waals surface area contributed by atoms with Gasteiger partial charge in [-0.15, -0.1) is 0 Å². The lowest BCUT2D eigenvalue weighted by Gasteiger charge is -1.96. The Labute approximate surface area is 88.8 Å². The highest BCUT2D eigenvalue weighted by Crippen LogP contribution is 2.24. The van der Waals surface area contributed by atoms with Crippen molar-refractivity contribution in [3.05, 3.63) is 28.2 Å². The number of aryl methyl sites for hydroxylation is 1. The van der Waals surface area contributed by atoms with Crippen LogP contribution in [0.3, 0.4) is 0 Å². The van der Waals surface area contributed by atoms with Crippen molar-refractivity contribution in [1.82, 2.24) is 9.61 Å².